The third-order valence-corrected chi connectivity index (χ3v) is 10.2. The molecular weight excluding hydrogens is 801 g/mol. The third kappa shape index (κ3) is 32.6. The maximum absolute atomic E-state index is 12.8. The van der Waals surface area contributed by atoms with Crippen molar-refractivity contribution in [1.82, 2.24) is 0 Å². The van der Waals surface area contributed by atoms with Gasteiger partial charge in [-0.15, -0.1) is 0 Å². The van der Waals surface area contributed by atoms with Crippen molar-refractivity contribution < 1.29 is 56.2 Å². The fraction of sp³-hybridized carbons (Fsp3) is 0.688. The molecule has 4 N–H and O–H groups in total. The van der Waals surface area contributed by atoms with Gasteiger partial charge in [-0.1, -0.05) is 137 Å². The summed E-state index contributed by atoms with van der Waals surface area (Å²) in [5.41, 5.74) is 0. The summed E-state index contributed by atoms with van der Waals surface area (Å²) in [4.78, 5) is 12.8. The van der Waals surface area contributed by atoms with Gasteiger partial charge in [0.2, 0.25) is 0 Å². The number of aliphatic hydroxyl groups excluding tert-OH is 3. The zero-order chi connectivity index (χ0) is 44.7. The number of rotatable bonds is 38. The van der Waals surface area contributed by atoms with Crippen LogP contribution in [0.1, 0.15) is 149 Å². The minimum Gasteiger partial charge on any atom is -0.457 e. The van der Waals surface area contributed by atoms with E-state index in [0.29, 0.717) is 13.0 Å². The van der Waals surface area contributed by atoms with E-state index in [1.54, 1.807) is 0 Å². The van der Waals surface area contributed by atoms with E-state index in [9.17, 15) is 28.5 Å². The zero-order valence-corrected chi connectivity index (χ0v) is 38.0. The Morgan fingerprint density at radius 1 is 0.639 bits per heavy atom. The smallest absolute Gasteiger partial charge is 0.397 e. The average molecular weight is 881 g/mol. The number of unbranched alkanes of at least 4 members (excludes halogenated alkanes) is 11. The molecule has 0 aliphatic carbocycles. The van der Waals surface area contributed by atoms with Crippen LogP contribution < -0.4 is 0 Å². The lowest BCUT2D eigenvalue weighted by molar-refractivity contribution is -0.301. The van der Waals surface area contributed by atoms with E-state index in [-0.39, 0.29) is 19.6 Å². The second kappa shape index (κ2) is 38.9. The van der Waals surface area contributed by atoms with Gasteiger partial charge in [0, 0.05) is 13.0 Å². The van der Waals surface area contributed by atoms with Crippen LogP contribution in [-0.2, 0) is 38.3 Å². The summed E-state index contributed by atoms with van der Waals surface area (Å²) in [5, 5.41) is 30.7. The van der Waals surface area contributed by atoms with Crippen LogP contribution in [0.25, 0.3) is 0 Å². The number of carbonyl (C=O) groups excluding carboxylic acids is 1. The standard InChI is InChI=1S/C48H80O12S/c1-3-5-7-9-11-13-15-17-19-21-22-24-26-28-30-32-34-36-38-56-40-42(41-57-48-46(52)47(60-61(53,54)55)45(51)43(39-49)59-48)58-44(50)37-35-33-31-29-27-25-23-20-18-16-14-12-10-8-6-4-2/h5,7,11,13-14,16-17,19-20,22-24,28,30,42-43,45-49,51-52H,3-4,6,8-10,12,15,18,21,25-27,29,31-41H2,1-2H3,(H,53,54,55)/b7-5-,13-11-,16-14-,19-17-,23-20-,24-22-,30-28-. The molecule has 1 aliphatic rings. The van der Waals surface area contributed by atoms with E-state index in [1.807, 2.05) is 0 Å². The predicted molar refractivity (Wildman–Crippen MR) is 243 cm³/mol. The molecule has 6 unspecified atom stereocenters. The molecule has 12 nitrogen and oxygen atoms in total. The van der Waals surface area contributed by atoms with E-state index < -0.39 is 59.8 Å². The molecule has 6 atom stereocenters. The fourth-order valence-electron chi connectivity index (χ4n) is 6.32. The van der Waals surface area contributed by atoms with Gasteiger partial charge in [0.1, 0.15) is 30.5 Å². The summed E-state index contributed by atoms with van der Waals surface area (Å²) < 4.78 is 59.0. The molecule has 61 heavy (non-hydrogen) atoms. The van der Waals surface area contributed by atoms with Crippen molar-refractivity contribution in [3.8, 4) is 0 Å². The normalized spacial score (nSPS) is 20.9. The summed E-state index contributed by atoms with van der Waals surface area (Å²) in [6.07, 6.45) is 41.9. The molecule has 0 aromatic heterocycles. The van der Waals surface area contributed by atoms with Crippen molar-refractivity contribution >= 4 is 16.4 Å². The third-order valence-electron chi connectivity index (χ3n) is 9.75. The number of hydrogen-bond donors (Lipinski definition) is 4. The van der Waals surface area contributed by atoms with Crippen LogP contribution in [0.15, 0.2) is 85.1 Å². The first-order chi connectivity index (χ1) is 29.6. The molecule has 0 amide bonds. The molecule has 0 saturated carbocycles. The van der Waals surface area contributed by atoms with Crippen LogP contribution in [0.5, 0.6) is 0 Å². The summed E-state index contributed by atoms with van der Waals surface area (Å²) in [6, 6.07) is 0. The highest BCUT2D eigenvalue weighted by atomic mass is 32.3. The van der Waals surface area contributed by atoms with Crippen LogP contribution in [0.2, 0.25) is 0 Å². The Morgan fingerprint density at radius 3 is 1.66 bits per heavy atom. The average Bonchev–Trinajstić information content (AvgIpc) is 3.23. The number of carbonyl (C=O) groups is 1. The molecule has 0 bridgehead atoms. The molecule has 0 spiro atoms. The first kappa shape index (κ1) is 56.3. The summed E-state index contributed by atoms with van der Waals surface area (Å²) in [6.45, 7) is 3.71. The van der Waals surface area contributed by atoms with Crippen molar-refractivity contribution in [2.45, 2.75) is 185 Å². The summed E-state index contributed by atoms with van der Waals surface area (Å²) in [5.74, 6) is -0.432. The first-order valence-electron chi connectivity index (χ1n) is 22.8. The molecule has 1 heterocycles. The molecule has 13 heteroatoms. The summed E-state index contributed by atoms with van der Waals surface area (Å²) in [7, 11) is -5.07. The van der Waals surface area contributed by atoms with Crippen molar-refractivity contribution in [3.63, 3.8) is 0 Å². The Balaban J connectivity index is 2.49. The van der Waals surface area contributed by atoms with Crippen LogP contribution in [0.4, 0.5) is 0 Å². The van der Waals surface area contributed by atoms with Gasteiger partial charge in [0.25, 0.3) is 0 Å². The molecule has 1 fully saturated rings. The lowest BCUT2D eigenvalue weighted by Crippen LogP contribution is -2.60. The number of allylic oxidation sites excluding steroid dienone is 14. The molecule has 0 radical (unpaired) electrons. The molecule has 1 rings (SSSR count). The minimum absolute atomic E-state index is 0.00447. The lowest BCUT2D eigenvalue weighted by atomic mass is 9.99. The lowest BCUT2D eigenvalue weighted by Gasteiger charge is -2.41. The number of esters is 1. The molecular formula is C48H80O12S. The zero-order valence-electron chi connectivity index (χ0n) is 37.2. The largest absolute Gasteiger partial charge is 0.457 e. The molecule has 350 valence electrons. The van der Waals surface area contributed by atoms with E-state index in [2.05, 4.69) is 103 Å². The second-order valence-corrected chi connectivity index (χ2v) is 16.3. The maximum atomic E-state index is 12.8. The van der Waals surface area contributed by atoms with Gasteiger partial charge in [0.05, 0.1) is 19.8 Å². The van der Waals surface area contributed by atoms with Gasteiger partial charge in [-0.25, -0.2) is 4.18 Å². The highest BCUT2D eigenvalue weighted by molar-refractivity contribution is 7.80. The Kier molecular flexibility index (Phi) is 35.9. The van der Waals surface area contributed by atoms with Gasteiger partial charge in [-0.2, -0.15) is 8.42 Å². The van der Waals surface area contributed by atoms with Crippen LogP contribution in [-0.4, -0.2) is 97.5 Å². The van der Waals surface area contributed by atoms with Crippen LogP contribution in [0, 0.1) is 0 Å². The number of hydrogen-bond acceptors (Lipinski definition) is 11. The maximum Gasteiger partial charge on any atom is 0.397 e. The van der Waals surface area contributed by atoms with E-state index >= 15 is 0 Å². The molecule has 0 aromatic carbocycles. The van der Waals surface area contributed by atoms with Crippen LogP contribution >= 0.6 is 0 Å². The van der Waals surface area contributed by atoms with Crippen molar-refractivity contribution in [3.05, 3.63) is 85.1 Å². The van der Waals surface area contributed by atoms with E-state index in [1.165, 1.54) is 25.7 Å². The van der Waals surface area contributed by atoms with Crippen molar-refractivity contribution in [2.75, 3.05) is 26.4 Å². The first-order valence-corrected chi connectivity index (χ1v) is 24.2. The fourth-order valence-corrected chi connectivity index (χ4v) is 6.82. The topological polar surface area (TPSA) is 178 Å². The van der Waals surface area contributed by atoms with Crippen LogP contribution in [0.3, 0.4) is 0 Å². The highest BCUT2D eigenvalue weighted by Crippen LogP contribution is 2.26. The van der Waals surface area contributed by atoms with Crippen molar-refractivity contribution in [1.29, 1.82) is 0 Å². The van der Waals surface area contributed by atoms with Gasteiger partial charge in [0.15, 0.2) is 6.29 Å². The Morgan fingerprint density at radius 2 is 1.13 bits per heavy atom. The van der Waals surface area contributed by atoms with Gasteiger partial charge < -0.3 is 34.3 Å². The Hall–Kier alpha value is -2.72. The van der Waals surface area contributed by atoms with Crippen molar-refractivity contribution in [2.24, 2.45) is 0 Å². The van der Waals surface area contributed by atoms with Gasteiger partial charge >= 0.3 is 16.4 Å². The van der Waals surface area contributed by atoms with E-state index in [0.717, 1.165) is 96.3 Å². The van der Waals surface area contributed by atoms with Gasteiger partial charge in [-0.05, 0) is 89.9 Å². The Bertz CT molecular complexity index is 1390. The number of ether oxygens (including phenoxy) is 4. The van der Waals surface area contributed by atoms with E-state index in [4.69, 9.17) is 23.5 Å². The van der Waals surface area contributed by atoms with Gasteiger partial charge in [-0.3, -0.25) is 9.35 Å². The minimum atomic E-state index is -5.07. The highest BCUT2D eigenvalue weighted by Gasteiger charge is 2.48. The predicted octanol–water partition coefficient (Wildman–Crippen LogP) is 9.68. The SMILES string of the molecule is CC/C=C\C/C=C\C/C=C\C/C=C\C/C=C\CCCCOCC(COC1OC(CO)C(O)C(OS(=O)(=O)O)C1O)OC(=O)CCCCCCC/C=C\C/C=C\CCCCCC. The second-order valence-electron chi connectivity index (χ2n) is 15.3. The monoisotopic (exact) mass is 881 g/mol. The molecule has 0 aromatic rings. The Labute approximate surface area is 368 Å². The quantitative estimate of drug-likeness (QED) is 0.0200. The molecule has 1 saturated heterocycles. The number of aliphatic hydroxyl groups is 3. The summed E-state index contributed by atoms with van der Waals surface area (Å²) >= 11 is 0. The molecule has 1 aliphatic heterocycles.